The zero-order chi connectivity index (χ0) is 14.8. The highest BCUT2D eigenvalue weighted by atomic mass is 35.7. The molecule has 0 aliphatic heterocycles. The number of hydrogen-bond donors (Lipinski definition) is 1. The van der Waals surface area contributed by atoms with Crippen molar-refractivity contribution < 1.29 is 26.4 Å². The van der Waals surface area contributed by atoms with E-state index in [0.717, 1.165) is 6.07 Å². The van der Waals surface area contributed by atoms with Gasteiger partial charge in [-0.1, -0.05) is 0 Å². The Bertz CT molecular complexity index is 604. The molecule has 0 aliphatic carbocycles. The fourth-order valence-electron chi connectivity index (χ4n) is 1.35. The summed E-state index contributed by atoms with van der Waals surface area (Å²) >= 11 is 0. The Kier molecular flexibility index (Phi) is 4.81. The van der Waals surface area contributed by atoms with Crippen LogP contribution < -0.4 is 5.32 Å². The van der Waals surface area contributed by atoms with Crippen LogP contribution >= 0.6 is 10.7 Å². The van der Waals surface area contributed by atoms with Gasteiger partial charge in [-0.15, -0.1) is 0 Å². The van der Waals surface area contributed by atoms with Crippen LogP contribution in [0.2, 0.25) is 0 Å². The van der Waals surface area contributed by atoms with Crippen molar-refractivity contribution in [2.75, 3.05) is 6.54 Å². The van der Waals surface area contributed by atoms with Gasteiger partial charge < -0.3 is 5.32 Å². The van der Waals surface area contributed by atoms with Gasteiger partial charge in [-0.3, -0.25) is 4.79 Å². The summed E-state index contributed by atoms with van der Waals surface area (Å²) < 4.78 is 59.7. The Morgan fingerprint density at radius 2 is 2.00 bits per heavy atom. The van der Waals surface area contributed by atoms with Gasteiger partial charge in [-0.05, 0) is 24.6 Å². The minimum absolute atomic E-state index is 0.0120. The number of hydrogen-bond acceptors (Lipinski definition) is 3. The molecule has 0 saturated carbocycles. The minimum atomic E-state index is -4.16. The van der Waals surface area contributed by atoms with Crippen LogP contribution in [0.25, 0.3) is 0 Å². The summed E-state index contributed by atoms with van der Waals surface area (Å²) in [7, 11) is 0.958. The third-order valence-electron chi connectivity index (χ3n) is 2.19. The molecular weight excluding hydrogens is 307 g/mol. The molecule has 0 saturated heterocycles. The molecule has 9 heteroatoms. The van der Waals surface area contributed by atoms with Crippen LogP contribution in [0.5, 0.6) is 0 Å². The molecule has 4 nitrogen and oxygen atoms in total. The van der Waals surface area contributed by atoms with Crippen molar-refractivity contribution in [1.29, 1.82) is 0 Å². The highest BCUT2D eigenvalue weighted by Crippen LogP contribution is 2.23. The fourth-order valence-corrected chi connectivity index (χ4v) is 2.56. The predicted molar refractivity (Wildman–Crippen MR) is 62.5 cm³/mol. The van der Waals surface area contributed by atoms with E-state index in [1.165, 1.54) is 6.92 Å². The van der Waals surface area contributed by atoms with E-state index in [1.807, 2.05) is 0 Å². The maximum Gasteiger partial charge on any atom is 0.261 e. The molecule has 0 radical (unpaired) electrons. The highest BCUT2D eigenvalue weighted by Gasteiger charge is 2.21. The summed E-state index contributed by atoms with van der Waals surface area (Å²) in [6.45, 7) is 0.328. The number of halogens is 4. The van der Waals surface area contributed by atoms with Gasteiger partial charge in [0.05, 0.1) is 17.0 Å². The van der Waals surface area contributed by atoms with Crippen molar-refractivity contribution in [2.24, 2.45) is 0 Å². The van der Waals surface area contributed by atoms with Gasteiger partial charge in [-0.25, -0.2) is 21.6 Å². The summed E-state index contributed by atoms with van der Waals surface area (Å²) in [4.78, 5) is 11.0. The van der Waals surface area contributed by atoms with Gasteiger partial charge in [-0.2, -0.15) is 0 Å². The maximum absolute atomic E-state index is 13.5. The van der Waals surface area contributed by atoms with Crippen LogP contribution in [-0.4, -0.2) is 27.3 Å². The summed E-state index contributed by atoms with van der Waals surface area (Å²) in [5.74, 6) is -2.16. The number of alkyl halides is 2. The van der Waals surface area contributed by atoms with Crippen LogP contribution in [0.15, 0.2) is 17.0 Å². The van der Waals surface area contributed by atoms with Crippen LogP contribution in [0.1, 0.15) is 15.9 Å². The molecule has 1 amide bonds. The predicted octanol–water partition coefficient (Wildman–Crippen LogP) is 2.06. The van der Waals surface area contributed by atoms with Crippen LogP contribution in [-0.2, 0) is 9.05 Å². The van der Waals surface area contributed by atoms with Crippen molar-refractivity contribution >= 4 is 25.6 Å². The molecule has 1 N–H and O–H groups in total. The number of carbonyl (C=O) groups excluding carboxylic acids is 1. The third-order valence-corrected chi connectivity index (χ3v) is 3.65. The monoisotopic (exact) mass is 315 g/mol. The topological polar surface area (TPSA) is 63.2 Å². The average molecular weight is 316 g/mol. The van der Waals surface area contributed by atoms with E-state index in [1.54, 1.807) is 5.32 Å². The molecule has 0 aromatic heterocycles. The molecule has 0 aliphatic rings. The van der Waals surface area contributed by atoms with Crippen molar-refractivity contribution in [3.05, 3.63) is 29.1 Å². The lowest BCUT2D eigenvalue weighted by molar-refractivity contribution is 0.0887. The smallest absolute Gasteiger partial charge is 0.261 e. The van der Waals surface area contributed by atoms with Gasteiger partial charge in [0, 0.05) is 10.7 Å². The second-order valence-electron chi connectivity index (χ2n) is 3.64. The van der Waals surface area contributed by atoms with E-state index in [-0.39, 0.29) is 5.56 Å². The Morgan fingerprint density at radius 3 is 2.47 bits per heavy atom. The summed E-state index contributed by atoms with van der Waals surface area (Å²) in [5, 5.41) is 1.77. The average Bonchev–Trinajstić information content (AvgIpc) is 2.24. The first-order valence-corrected chi connectivity index (χ1v) is 7.25. The fraction of sp³-hybridized carbons (Fsp3) is 0.300. The normalized spacial score (nSPS) is 11.7. The SMILES string of the molecule is Cc1cc(F)c(C(=O)NCC(F)F)cc1S(=O)(=O)Cl. The van der Waals surface area contributed by atoms with Crippen LogP contribution in [0.3, 0.4) is 0 Å². The molecule has 0 heterocycles. The van der Waals surface area contributed by atoms with Crippen LogP contribution in [0, 0.1) is 12.7 Å². The molecule has 1 aromatic rings. The standard InChI is InChI=1S/C10H9ClF3NO3S/c1-5-2-7(12)6(3-8(5)19(11,17)18)10(16)15-4-9(13)14/h2-3,9H,4H2,1H3,(H,15,16). The second kappa shape index (κ2) is 5.79. The summed E-state index contributed by atoms with van der Waals surface area (Å²) in [5.41, 5.74) is -0.650. The molecule has 0 fully saturated rings. The Balaban J connectivity index is 3.19. The van der Waals surface area contributed by atoms with Gasteiger partial charge in [0.15, 0.2) is 0 Å². The van der Waals surface area contributed by atoms with Crippen molar-refractivity contribution in [1.82, 2.24) is 5.32 Å². The molecule has 0 spiro atoms. The first-order valence-electron chi connectivity index (χ1n) is 4.94. The van der Waals surface area contributed by atoms with E-state index >= 15 is 0 Å². The number of carbonyl (C=O) groups is 1. The molecule has 19 heavy (non-hydrogen) atoms. The van der Waals surface area contributed by atoms with E-state index in [9.17, 15) is 26.4 Å². The summed E-state index contributed by atoms with van der Waals surface area (Å²) in [6.07, 6.45) is -2.80. The Labute approximate surface area is 112 Å². The van der Waals surface area contributed by atoms with Crippen molar-refractivity contribution in [3.8, 4) is 0 Å². The number of rotatable bonds is 4. The zero-order valence-corrected chi connectivity index (χ0v) is 11.2. The van der Waals surface area contributed by atoms with Gasteiger partial charge >= 0.3 is 0 Å². The number of aryl methyl sites for hydroxylation is 1. The zero-order valence-electron chi connectivity index (χ0n) is 9.58. The van der Waals surface area contributed by atoms with Gasteiger partial charge in [0.25, 0.3) is 21.4 Å². The van der Waals surface area contributed by atoms with Gasteiger partial charge in [0.2, 0.25) is 0 Å². The van der Waals surface area contributed by atoms with E-state index < -0.39 is 44.2 Å². The van der Waals surface area contributed by atoms with Crippen molar-refractivity contribution in [3.63, 3.8) is 0 Å². The van der Waals surface area contributed by atoms with Gasteiger partial charge in [0.1, 0.15) is 5.82 Å². The Hall–Kier alpha value is -1.28. The number of benzene rings is 1. The molecule has 0 bridgehead atoms. The first-order chi connectivity index (χ1) is 8.62. The molecule has 0 atom stereocenters. The largest absolute Gasteiger partial charge is 0.346 e. The second-order valence-corrected chi connectivity index (χ2v) is 6.17. The highest BCUT2D eigenvalue weighted by molar-refractivity contribution is 8.13. The molecule has 1 rings (SSSR count). The van der Waals surface area contributed by atoms with Crippen LogP contribution in [0.4, 0.5) is 13.2 Å². The maximum atomic E-state index is 13.5. The first kappa shape index (κ1) is 15.8. The lowest BCUT2D eigenvalue weighted by Crippen LogP contribution is -2.29. The molecule has 106 valence electrons. The number of amides is 1. The third kappa shape index (κ3) is 4.10. The van der Waals surface area contributed by atoms with E-state index in [2.05, 4.69) is 0 Å². The van der Waals surface area contributed by atoms with Crippen molar-refractivity contribution in [2.45, 2.75) is 18.2 Å². The minimum Gasteiger partial charge on any atom is -0.346 e. The summed E-state index contributed by atoms with van der Waals surface area (Å²) in [6, 6.07) is 1.51. The molecule has 0 unspecified atom stereocenters. The van der Waals surface area contributed by atoms with E-state index in [4.69, 9.17) is 10.7 Å². The lowest BCUT2D eigenvalue weighted by atomic mass is 10.1. The van der Waals surface area contributed by atoms with E-state index in [0.29, 0.717) is 6.07 Å². The molecule has 1 aromatic carbocycles. The lowest BCUT2D eigenvalue weighted by Gasteiger charge is -2.08. The molecular formula is C10H9ClF3NO3S. The number of nitrogens with one attached hydrogen (secondary N) is 1. The quantitative estimate of drug-likeness (QED) is 0.865. The Morgan fingerprint density at radius 1 is 1.42 bits per heavy atom.